The van der Waals surface area contributed by atoms with Crippen LogP contribution in [0.5, 0.6) is 0 Å². The van der Waals surface area contributed by atoms with Gasteiger partial charge in [0.1, 0.15) is 6.20 Å². The van der Waals surface area contributed by atoms with Gasteiger partial charge in [-0.1, -0.05) is 30.3 Å². The Balaban J connectivity index is 1.75. The van der Waals surface area contributed by atoms with Gasteiger partial charge < -0.3 is 0 Å². The van der Waals surface area contributed by atoms with Crippen molar-refractivity contribution in [3.05, 3.63) is 69.5 Å². The van der Waals surface area contributed by atoms with E-state index in [0.29, 0.717) is 0 Å². The minimum atomic E-state index is -0.396. The van der Waals surface area contributed by atoms with Crippen LogP contribution in [-0.2, 0) is 19.6 Å². The molecule has 5 heteroatoms. The average Bonchev–Trinajstić information content (AvgIpc) is 2.80. The molecule has 0 fully saturated rings. The SMILES string of the molecule is O=[N+]([O-])c1cnc2c(c1)CN(Cc1ccccc1)C2. The highest BCUT2D eigenvalue weighted by atomic mass is 16.6. The van der Waals surface area contributed by atoms with Crippen LogP contribution in [0.15, 0.2) is 42.6 Å². The number of fused-ring (bicyclic) bond motifs is 1. The molecule has 0 atom stereocenters. The summed E-state index contributed by atoms with van der Waals surface area (Å²) in [4.78, 5) is 16.8. The van der Waals surface area contributed by atoms with Crippen molar-refractivity contribution in [2.75, 3.05) is 0 Å². The second-order valence-corrected chi connectivity index (χ2v) is 4.69. The number of nitrogens with zero attached hydrogens (tertiary/aromatic N) is 3. The average molecular weight is 255 g/mol. The van der Waals surface area contributed by atoms with E-state index in [1.807, 2.05) is 18.2 Å². The molecule has 3 rings (SSSR count). The molecule has 19 heavy (non-hydrogen) atoms. The fourth-order valence-corrected chi connectivity index (χ4v) is 2.37. The Kier molecular flexibility index (Phi) is 2.97. The first-order valence-corrected chi connectivity index (χ1v) is 6.11. The zero-order valence-corrected chi connectivity index (χ0v) is 10.3. The van der Waals surface area contributed by atoms with E-state index >= 15 is 0 Å². The van der Waals surface area contributed by atoms with Crippen LogP contribution in [0, 0.1) is 10.1 Å². The molecular formula is C14H13N3O2. The van der Waals surface area contributed by atoms with Gasteiger partial charge >= 0.3 is 0 Å². The normalized spacial score (nSPS) is 14.3. The van der Waals surface area contributed by atoms with Crippen LogP contribution in [0.4, 0.5) is 5.69 Å². The molecule has 1 aliphatic heterocycles. The van der Waals surface area contributed by atoms with Gasteiger partial charge in [0.15, 0.2) is 0 Å². The van der Waals surface area contributed by atoms with E-state index in [4.69, 9.17) is 0 Å². The predicted octanol–water partition coefficient (Wildman–Crippen LogP) is 2.51. The summed E-state index contributed by atoms with van der Waals surface area (Å²) in [5.41, 5.74) is 3.22. The van der Waals surface area contributed by atoms with Crippen molar-refractivity contribution < 1.29 is 4.92 Å². The molecule has 0 saturated carbocycles. The highest BCUT2D eigenvalue weighted by Crippen LogP contribution is 2.25. The number of nitro groups is 1. The van der Waals surface area contributed by atoms with Crippen molar-refractivity contribution in [1.82, 2.24) is 9.88 Å². The molecule has 1 aromatic carbocycles. The Bertz CT molecular complexity index is 613. The lowest BCUT2D eigenvalue weighted by atomic mass is 10.2. The maximum absolute atomic E-state index is 10.7. The van der Waals surface area contributed by atoms with Gasteiger partial charge in [-0.15, -0.1) is 0 Å². The topological polar surface area (TPSA) is 59.3 Å². The number of rotatable bonds is 3. The first-order valence-electron chi connectivity index (χ1n) is 6.11. The summed E-state index contributed by atoms with van der Waals surface area (Å²) < 4.78 is 0. The summed E-state index contributed by atoms with van der Waals surface area (Å²) in [7, 11) is 0. The molecular weight excluding hydrogens is 242 g/mol. The standard InChI is InChI=1S/C14H13N3O2/c18-17(19)13-6-12-9-16(10-14(12)15-7-13)8-11-4-2-1-3-5-11/h1-7H,8-10H2. The van der Waals surface area contributed by atoms with E-state index in [0.717, 1.165) is 30.9 Å². The van der Waals surface area contributed by atoms with Gasteiger partial charge in [-0.2, -0.15) is 0 Å². The maximum Gasteiger partial charge on any atom is 0.287 e. The molecule has 0 aliphatic carbocycles. The summed E-state index contributed by atoms with van der Waals surface area (Å²) in [6.45, 7) is 2.31. The van der Waals surface area contributed by atoms with E-state index in [9.17, 15) is 10.1 Å². The summed E-state index contributed by atoms with van der Waals surface area (Å²) in [6.07, 6.45) is 1.34. The van der Waals surface area contributed by atoms with Gasteiger partial charge in [0.2, 0.25) is 0 Å². The lowest BCUT2D eigenvalue weighted by Gasteiger charge is -2.13. The van der Waals surface area contributed by atoms with Crippen LogP contribution in [0.3, 0.4) is 0 Å². The van der Waals surface area contributed by atoms with Crippen LogP contribution >= 0.6 is 0 Å². The van der Waals surface area contributed by atoms with E-state index in [1.165, 1.54) is 11.8 Å². The van der Waals surface area contributed by atoms with E-state index in [2.05, 4.69) is 22.0 Å². The summed E-state index contributed by atoms with van der Waals surface area (Å²) >= 11 is 0. The number of pyridine rings is 1. The second-order valence-electron chi connectivity index (χ2n) is 4.69. The Morgan fingerprint density at radius 2 is 2.05 bits per heavy atom. The number of aromatic nitrogens is 1. The van der Waals surface area contributed by atoms with Gasteiger partial charge in [0.05, 0.1) is 10.6 Å². The summed E-state index contributed by atoms with van der Waals surface area (Å²) in [5.74, 6) is 0. The van der Waals surface area contributed by atoms with E-state index < -0.39 is 4.92 Å². The van der Waals surface area contributed by atoms with Crippen molar-refractivity contribution >= 4 is 5.69 Å². The quantitative estimate of drug-likeness (QED) is 0.624. The second kappa shape index (κ2) is 4.78. The summed E-state index contributed by atoms with van der Waals surface area (Å²) in [5, 5.41) is 10.7. The molecule has 5 nitrogen and oxygen atoms in total. The lowest BCUT2D eigenvalue weighted by molar-refractivity contribution is -0.385. The van der Waals surface area contributed by atoms with Crippen LogP contribution in [0.25, 0.3) is 0 Å². The highest BCUT2D eigenvalue weighted by molar-refractivity contribution is 5.36. The van der Waals surface area contributed by atoms with Gasteiger partial charge in [-0.3, -0.25) is 20.0 Å². The fourth-order valence-electron chi connectivity index (χ4n) is 2.37. The first kappa shape index (κ1) is 11.8. The Labute approximate surface area is 110 Å². The molecule has 1 aliphatic rings. The smallest absolute Gasteiger partial charge is 0.287 e. The van der Waals surface area contributed by atoms with Crippen LogP contribution in [-0.4, -0.2) is 14.8 Å². The van der Waals surface area contributed by atoms with Gasteiger partial charge in [0.25, 0.3) is 5.69 Å². The predicted molar refractivity (Wildman–Crippen MR) is 70.3 cm³/mol. The van der Waals surface area contributed by atoms with Crippen molar-refractivity contribution in [1.29, 1.82) is 0 Å². The number of hydrogen-bond donors (Lipinski definition) is 0. The van der Waals surface area contributed by atoms with Gasteiger partial charge in [-0.05, 0) is 11.1 Å². The molecule has 0 radical (unpaired) electrons. The molecule has 0 bridgehead atoms. The zero-order chi connectivity index (χ0) is 13.2. The molecule has 96 valence electrons. The summed E-state index contributed by atoms with van der Waals surface area (Å²) in [6, 6.07) is 11.8. The van der Waals surface area contributed by atoms with Crippen molar-refractivity contribution in [3.8, 4) is 0 Å². The molecule has 2 heterocycles. The van der Waals surface area contributed by atoms with E-state index in [-0.39, 0.29) is 5.69 Å². The number of hydrogen-bond acceptors (Lipinski definition) is 4. The monoisotopic (exact) mass is 255 g/mol. The molecule has 0 saturated heterocycles. The third-order valence-corrected chi connectivity index (χ3v) is 3.27. The maximum atomic E-state index is 10.7. The Morgan fingerprint density at radius 3 is 2.79 bits per heavy atom. The molecule has 1 aromatic heterocycles. The van der Waals surface area contributed by atoms with Crippen LogP contribution in [0.1, 0.15) is 16.8 Å². The molecule has 0 amide bonds. The largest absolute Gasteiger partial charge is 0.289 e. The van der Waals surface area contributed by atoms with Gasteiger partial charge in [-0.25, -0.2) is 0 Å². The Morgan fingerprint density at radius 1 is 1.26 bits per heavy atom. The minimum Gasteiger partial charge on any atom is -0.289 e. The third-order valence-electron chi connectivity index (χ3n) is 3.27. The van der Waals surface area contributed by atoms with Crippen LogP contribution < -0.4 is 0 Å². The Hall–Kier alpha value is -2.27. The van der Waals surface area contributed by atoms with Crippen molar-refractivity contribution in [2.24, 2.45) is 0 Å². The van der Waals surface area contributed by atoms with Gasteiger partial charge in [0, 0.05) is 25.7 Å². The first-order chi connectivity index (χ1) is 9.22. The molecule has 0 N–H and O–H groups in total. The van der Waals surface area contributed by atoms with Crippen molar-refractivity contribution in [2.45, 2.75) is 19.6 Å². The third kappa shape index (κ3) is 2.46. The molecule has 0 spiro atoms. The highest BCUT2D eigenvalue weighted by Gasteiger charge is 2.22. The van der Waals surface area contributed by atoms with Crippen LogP contribution in [0.2, 0.25) is 0 Å². The van der Waals surface area contributed by atoms with E-state index in [1.54, 1.807) is 6.07 Å². The van der Waals surface area contributed by atoms with Crippen molar-refractivity contribution in [3.63, 3.8) is 0 Å². The molecule has 0 unspecified atom stereocenters. The minimum absolute atomic E-state index is 0.0697. The zero-order valence-electron chi connectivity index (χ0n) is 10.3. The number of benzene rings is 1. The fraction of sp³-hybridized carbons (Fsp3) is 0.214. The molecule has 2 aromatic rings. The lowest BCUT2D eigenvalue weighted by Crippen LogP contribution is -2.15.